The van der Waals surface area contributed by atoms with Crippen LogP contribution in [0.4, 0.5) is 0 Å². The fourth-order valence-electron chi connectivity index (χ4n) is 4.02. The predicted octanol–water partition coefficient (Wildman–Crippen LogP) is 1.06. The number of nitrogens with one attached hydrogen (secondary N) is 2. The molecule has 1 aromatic carbocycles. The number of hydrogen-bond acceptors (Lipinski definition) is 4. The van der Waals surface area contributed by atoms with E-state index in [1.54, 1.807) is 12.4 Å². The molecule has 0 saturated carbocycles. The summed E-state index contributed by atoms with van der Waals surface area (Å²) in [5.41, 5.74) is 3.65. The maximum Gasteiger partial charge on any atom is 0.237 e. The lowest BCUT2D eigenvalue weighted by atomic mass is 10.1. The summed E-state index contributed by atoms with van der Waals surface area (Å²) in [5, 5.41) is 6.00. The van der Waals surface area contributed by atoms with Gasteiger partial charge in [-0.25, -0.2) is 0 Å². The van der Waals surface area contributed by atoms with E-state index in [2.05, 4.69) is 32.7 Å². The SMILES string of the molecule is O=C(CC1C(=O)NCCN1Cc1cccnc1)NC1Cc2ccccc2C1. The first-order valence-corrected chi connectivity index (χ1v) is 9.46. The van der Waals surface area contributed by atoms with Crippen molar-refractivity contribution in [3.8, 4) is 0 Å². The van der Waals surface area contributed by atoms with Crippen LogP contribution in [0, 0.1) is 0 Å². The second kappa shape index (κ2) is 7.88. The quantitative estimate of drug-likeness (QED) is 0.832. The molecule has 140 valence electrons. The molecule has 2 amide bonds. The molecule has 6 heteroatoms. The summed E-state index contributed by atoms with van der Waals surface area (Å²) in [6.45, 7) is 1.96. The van der Waals surface area contributed by atoms with Crippen LogP contribution in [0.25, 0.3) is 0 Å². The molecule has 0 bridgehead atoms. The summed E-state index contributed by atoms with van der Waals surface area (Å²) in [7, 11) is 0. The van der Waals surface area contributed by atoms with Gasteiger partial charge in [0.2, 0.25) is 11.8 Å². The normalized spacial score (nSPS) is 20.1. The zero-order valence-corrected chi connectivity index (χ0v) is 15.2. The van der Waals surface area contributed by atoms with Gasteiger partial charge in [-0.1, -0.05) is 30.3 Å². The Hall–Kier alpha value is -2.73. The zero-order chi connectivity index (χ0) is 18.6. The lowest BCUT2D eigenvalue weighted by molar-refractivity contribution is -0.134. The maximum absolute atomic E-state index is 12.6. The van der Waals surface area contributed by atoms with Crippen molar-refractivity contribution in [2.24, 2.45) is 0 Å². The van der Waals surface area contributed by atoms with Crippen molar-refractivity contribution in [2.75, 3.05) is 13.1 Å². The molecule has 1 aliphatic heterocycles. The first-order chi connectivity index (χ1) is 13.2. The van der Waals surface area contributed by atoms with Gasteiger partial charge < -0.3 is 10.6 Å². The molecule has 0 spiro atoms. The highest BCUT2D eigenvalue weighted by molar-refractivity contribution is 5.89. The molecule has 1 unspecified atom stereocenters. The number of amides is 2. The van der Waals surface area contributed by atoms with E-state index < -0.39 is 6.04 Å². The molecule has 1 aliphatic carbocycles. The lowest BCUT2D eigenvalue weighted by Crippen LogP contribution is -2.56. The molecule has 27 heavy (non-hydrogen) atoms. The molecule has 1 saturated heterocycles. The number of benzene rings is 1. The predicted molar refractivity (Wildman–Crippen MR) is 102 cm³/mol. The standard InChI is InChI=1S/C21H24N4O2/c26-20(24-18-10-16-5-1-2-6-17(16)11-18)12-19-21(27)23-8-9-25(19)14-15-4-3-7-22-13-15/h1-7,13,18-19H,8-12,14H2,(H,23,27)(H,24,26). The van der Waals surface area contributed by atoms with E-state index in [0.717, 1.165) is 24.9 Å². The number of pyridine rings is 1. The molecule has 2 heterocycles. The van der Waals surface area contributed by atoms with Gasteiger partial charge in [0.05, 0.1) is 12.5 Å². The smallest absolute Gasteiger partial charge is 0.237 e. The minimum atomic E-state index is -0.442. The van der Waals surface area contributed by atoms with Gasteiger partial charge in [-0.2, -0.15) is 0 Å². The van der Waals surface area contributed by atoms with Crippen LogP contribution in [0.15, 0.2) is 48.8 Å². The zero-order valence-electron chi connectivity index (χ0n) is 15.2. The van der Waals surface area contributed by atoms with Gasteiger partial charge in [-0.15, -0.1) is 0 Å². The highest BCUT2D eigenvalue weighted by Gasteiger charge is 2.32. The van der Waals surface area contributed by atoms with Crippen molar-refractivity contribution in [3.63, 3.8) is 0 Å². The molecule has 2 aromatic rings. The Labute approximate surface area is 159 Å². The van der Waals surface area contributed by atoms with Crippen LogP contribution in [0.2, 0.25) is 0 Å². The number of aromatic nitrogens is 1. The maximum atomic E-state index is 12.6. The van der Waals surface area contributed by atoms with Gasteiger partial charge >= 0.3 is 0 Å². The summed E-state index contributed by atoms with van der Waals surface area (Å²) >= 11 is 0. The lowest BCUT2D eigenvalue weighted by Gasteiger charge is -2.34. The van der Waals surface area contributed by atoms with Crippen LogP contribution in [0.1, 0.15) is 23.1 Å². The van der Waals surface area contributed by atoms with Gasteiger partial charge in [0.25, 0.3) is 0 Å². The third kappa shape index (κ3) is 4.17. The number of piperazine rings is 1. The third-order valence-corrected chi connectivity index (χ3v) is 5.34. The van der Waals surface area contributed by atoms with Gasteiger partial charge in [0, 0.05) is 38.1 Å². The van der Waals surface area contributed by atoms with Crippen molar-refractivity contribution in [1.29, 1.82) is 0 Å². The number of fused-ring (bicyclic) bond motifs is 1. The number of carbonyl (C=O) groups is 2. The summed E-state index contributed by atoms with van der Waals surface area (Å²) in [6, 6.07) is 11.9. The molecule has 1 fully saturated rings. The minimum absolute atomic E-state index is 0.0638. The van der Waals surface area contributed by atoms with E-state index in [4.69, 9.17) is 0 Å². The summed E-state index contributed by atoms with van der Waals surface area (Å²) in [5.74, 6) is -0.138. The first kappa shape index (κ1) is 17.7. The van der Waals surface area contributed by atoms with E-state index in [0.29, 0.717) is 13.1 Å². The average Bonchev–Trinajstić information content (AvgIpc) is 3.07. The van der Waals surface area contributed by atoms with E-state index >= 15 is 0 Å². The summed E-state index contributed by atoms with van der Waals surface area (Å²) in [4.78, 5) is 31.2. The van der Waals surface area contributed by atoms with Crippen LogP contribution in [0.3, 0.4) is 0 Å². The Balaban J connectivity index is 1.37. The van der Waals surface area contributed by atoms with E-state index in [9.17, 15) is 9.59 Å². The molecule has 4 rings (SSSR count). The molecule has 0 radical (unpaired) electrons. The molecule has 2 N–H and O–H groups in total. The number of hydrogen-bond donors (Lipinski definition) is 2. The molecule has 2 aliphatic rings. The topological polar surface area (TPSA) is 74.3 Å². The number of rotatable bonds is 5. The largest absolute Gasteiger partial charge is 0.353 e. The number of carbonyl (C=O) groups excluding carboxylic acids is 2. The van der Waals surface area contributed by atoms with Crippen LogP contribution in [0.5, 0.6) is 0 Å². The van der Waals surface area contributed by atoms with Crippen molar-refractivity contribution in [1.82, 2.24) is 20.5 Å². The number of nitrogens with zero attached hydrogens (tertiary/aromatic N) is 2. The molecular formula is C21H24N4O2. The van der Waals surface area contributed by atoms with Gasteiger partial charge in [-0.05, 0) is 35.6 Å². The summed E-state index contributed by atoms with van der Waals surface area (Å²) in [6.07, 6.45) is 5.44. The minimum Gasteiger partial charge on any atom is -0.353 e. The third-order valence-electron chi connectivity index (χ3n) is 5.34. The van der Waals surface area contributed by atoms with Crippen molar-refractivity contribution < 1.29 is 9.59 Å². The molecule has 1 aromatic heterocycles. The fraction of sp³-hybridized carbons (Fsp3) is 0.381. The van der Waals surface area contributed by atoms with Crippen LogP contribution in [-0.4, -0.2) is 46.9 Å². The average molecular weight is 364 g/mol. The Morgan fingerprint density at radius 1 is 1.19 bits per heavy atom. The monoisotopic (exact) mass is 364 g/mol. The van der Waals surface area contributed by atoms with Gasteiger partial charge in [0.1, 0.15) is 0 Å². The van der Waals surface area contributed by atoms with Gasteiger partial charge in [0.15, 0.2) is 0 Å². The van der Waals surface area contributed by atoms with E-state index in [-0.39, 0.29) is 24.3 Å². The second-order valence-corrected chi connectivity index (χ2v) is 7.28. The van der Waals surface area contributed by atoms with Crippen LogP contribution in [-0.2, 0) is 29.0 Å². The van der Waals surface area contributed by atoms with E-state index in [1.807, 2.05) is 24.3 Å². The Morgan fingerprint density at radius 3 is 2.67 bits per heavy atom. The van der Waals surface area contributed by atoms with Crippen molar-refractivity contribution in [2.45, 2.75) is 37.9 Å². The van der Waals surface area contributed by atoms with Gasteiger partial charge in [-0.3, -0.25) is 19.5 Å². The molecule has 1 atom stereocenters. The summed E-state index contributed by atoms with van der Waals surface area (Å²) < 4.78 is 0. The van der Waals surface area contributed by atoms with E-state index in [1.165, 1.54) is 11.1 Å². The van der Waals surface area contributed by atoms with Crippen LogP contribution < -0.4 is 10.6 Å². The molecular weight excluding hydrogens is 340 g/mol. The fourth-order valence-corrected chi connectivity index (χ4v) is 4.02. The Kier molecular flexibility index (Phi) is 5.16. The second-order valence-electron chi connectivity index (χ2n) is 7.28. The Bertz CT molecular complexity index is 799. The van der Waals surface area contributed by atoms with Crippen molar-refractivity contribution in [3.05, 3.63) is 65.5 Å². The molecule has 6 nitrogen and oxygen atoms in total. The Morgan fingerprint density at radius 2 is 1.96 bits per heavy atom. The highest BCUT2D eigenvalue weighted by atomic mass is 16.2. The van der Waals surface area contributed by atoms with Crippen molar-refractivity contribution >= 4 is 11.8 Å². The van der Waals surface area contributed by atoms with Crippen LogP contribution >= 0.6 is 0 Å². The highest BCUT2D eigenvalue weighted by Crippen LogP contribution is 2.22. The first-order valence-electron chi connectivity index (χ1n) is 9.46.